The van der Waals surface area contributed by atoms with E-state index in [-0.39, 0.29) is 11.9 Å². The van der Waals surface area contributed by atoms with Crippen LogP contribution in [0.2, 0.25) is 0 Å². The van der Waals surface area contributed by atoms with Crippen molar-refractivity contribution >= 4 is 5.91 Å². The minimum absolute atomic E-state index is 0.108. The summed E-state index contributed by atoms with van der Waals surface area (Å²) in [6.45, 7) is 3.50. The Kier molecular flexibility index (Phi) is 4.49. The van der Waals surface area contributed by atoms with E-state index in [0.717, 1.165) is 24.0 Å². The number of nitrogens with one attached hydrogen (secondary N) is 1. The first-order valence-electron chi connectivity index (χ1n) is 7.65. The second-order valence-corrected chi connectivity index (χ2v) is 5.61. The number of hydrogen-bond donors (Lipinski definition) is 1. The molecule has 22 heavy (non-hydrogen) atoms. The monoisotopic (exact) mass is 296 g/mol. The lowest BCUT2D eigenvalue weighted by atomic mass is 10.0. The number of nitrogens with zero attached hydrogens (tertiary/aromatic N) is 1. The number of benzene rings is 1. The van der Waals surface area contributed by atoms with Crippen LogP contribution in [-0.2, 0) is 4.74 Å². The van der Waals surface area contributed by atoms with Crippen molar-refractivity contribution in [2.75, 3.05) is 13.2 Å². The molecule has 1 aromatic carbocycles. The van der Waals surface area contributed by atoms with E-state index in [0.29, 0.717) is 18.9 Å². The molecule has 2 aromatic rings. The summed E-state index contributed by atoms with van der Waals surface area (Å²) in [6, 6.07) is 12.1. The molecule has 4 heteroatoms. The van der Waals surface area contributed by atoms with Gasteiger partial charge in [-0.3, -0.25) is 9.78 Å². The minimum atomic E-state index is -0.108. The molecule has 0 bridgehead atoms. The van der Waals surface area contributed by atoms with Crippen molar-refractivity contribution in [3.05, 3.63) is 53.9 Å². The third-order valence-corrected chi connectivity index (χ3v) is 4.01. The zero-order valence-corrected chi connectivity index (χ0v) is 12.7. The van der Waals surface area contributed by atoms with Crippen LogP contribution >= 0.6 is 0 Å². The first kappa shape index (κ1) is 14.7. The number of rotatable bonds is 3. The van der Waals surface area contributed by atoms with E-state index in [2.05, 4.69) is 29.4 Å². The lowest BCUT2D eigenvalue weighted by Gasteiger charge is -2.22. The largest absolute Gasteiger partial charge is 0.381 e. The minimum Gasteiger partial charge on any atom is -0.381 e. The lowest BCUT2D eigenvalue weighted by Crippen LogP contribution is -2.39. The standard InChI is InChI=1S/C18H20N2O2/c1-13-4-2-3-5-16(13)14-6-7-17(19-12-14)18(21)20-15-8-10-22-11-9-15/h2-7,12,15H,8-11H2,1H3,(H,20,21). The first-order chi connectivity index (χ1) is 10.7. The Balaban J connectivity index is 1.71. The van der Waals surface area contributed by atoms with Gasteiger partial charge in [0.15, 0.2) is 0 Å². The van der Waals surface area contributed by atoms with Crippen molar-refractivity contribution < 1.29 is 9.53 Å². The van der Waals surface area contributed by atoms with Crippen LogP contribution in [0.15, 0.2) is 42.6 Å². The molecule has 1 saturated heterocycles. The van der Waals surface area contributed by atoms with Crippen molar-refractivity contribution in [2.24, 2.45) is 0 Å². The number of ether oxygens (including phenoxy) is 1. The molecule has 1 amide bonds. The zero-order chi connectivity index (χ0) is 15.4. The summed E-state index contributed by atoms with van der Waals surface area (Å²) in [7, 11) is 0. The van der Waals surface area contributed by atoms with Gasteiger partial charge in [-0.15, -0.1) is 0 Å². The molecule has 1 aliphatic rings. The van der Waals surface area contributed by atoms with Crippen LogP contribution < -0.4 is 5.32 Å². The number of aromatic nitrogens is 1. The topological polar surface area (TPSA) is 51.2 Å². The van der Waals surface area contributed by atoms with Crippen molar-refractivity contribution in [1.29, 1.82) is 0 Å². The van der Waals surface area contributed by atoms with Crippen LogP contribution in [0.4, 0.5) is 0 Å². The highest BCUT2D eigenvalue weighted by Gasteiger charge is 2.17. The maximum absolute atomic E-state index is 12.2. The summed E-state index contributed by atoms with van der Waals surface area (Å²) in [4.78, 5) is 16.5. The third kappa shape index (κ3) is 3.34. The number of pyridine rings is 1. The quantitative estimate of drug-likeness (QED) is 0.947. The van der Waals surface area contributed by atoms with Crippen molar-refractivity contribution in [3.8, 4) is 11.1 Å². The van der Waals surface area contributed by atoms with Crippen LogP contribution in [-0.4, -0.2) is 30.1 Å². The summed E-state index contributed by atoms with van der Waals surface area (Å²) in [6.07, 6.45) is 3.50. The van der Waals surface area contributed by atoms with E-state index in [4.69, 9.17) is 4.74 Å². The second kappa shape index (κ2) is 6.71. The molecule has 114 valence electrons. The molecule has 0 aliphatic carbocycles. The van der Waals surface area contributed by atoms with Gasteiger partial charge in [0.05, 0.1) is 0 Å². The van der Waals surface area contributed by atoms with Crippen molar-refractivity contribution in [2.45, 2.75) is 25.8 Å². The number of carbonyl (C=O) groups excluding carboxylic acids is 1. The molecule has 1 aromatic heterocycles. The van der Waals surface area contributed by atoms with Gasteiger partial charge in [0.2, 0.25) is 0 Å². The van der Waals surface area contributed by atoms with Crippen LogP contribution in [0.25, 0.3) is 11.1 Å². The summed E-state index contributed by atoms with van der Waals surface area (Å²) in [5.41, 5.74) is 3.83. The second-order valence-electron chi connectivity index (χ2n) is 5.61. The normalized spacial score (nSPS) is 15.5. The maximum atomic E-state index is 12.2. The van der Waals surface area contributed by atoms with Gasteiger partial charge in [-0.05, 0) is 37.0 Å². The Bertz CT molecular complexity index is 646. The van der Waals surface area contributed by atoms with Gasteiger partial charge < -0.3 is 10.1 Å². The summed E-state index contributed by atoms with van der Waals surface area (Å²) in [5.74, 6) is -0.108. The fraction of sp³-hybridized carbons (Fsp3) is 0.333. The Labute approximate surface area is 130 Å². The molecule has 0 spiro atoms. The molecule has 1 N–H and O–H groups in total. The molecular formula is C18H20N2O2. The summed E-state index contributed by atoms with van der Waals surface area (Å²) < 4.78 is 5.30. The molecule has 4 nitrogen and oxygen atoms in total. The fourth-order valence-corrected chi connectivity index (χ4v) is 2.69. The van der Waals surface area contributed by atoms with Crippen LogP contribution in [0.1, 0.15) is 28.9 Å². The highest BCUT2D eigenvalue weighted by Crippen LogP contribution is 2.22. The number of hydrogen-bond acceptors (Lipinski definition) is 3. The maximum Gasteiger partial charge on any atom is 0.270 e. The van der Waals surface area contributed by atoms with E-state index in [1.54, 1.807) is 12.3 Å². The molecule has 0 radical (unpaired) electrons. The van der Waals surface area contributed by atoms with Crippen LogP contribution in [0.3, 0.4) is 0 Å². The van der Waals surface area contributed by atoms with Crippen LogP contribution in [0.5, 0.6) is 0 Å². The van der Waals surface area contributed by atoms with Crippen molar-refractivity contribution in [3.63, 3.8) is 0 Å². The Morgan fingerprint density at radius 1 is 1.18 bits per heavy atom. The van der Waals surface area contributed by atoms with Gasteiger partial charge in [0, 0.05) is 31.0 Å². The van der Waals surface area contributed by atoms with Crippen LogP contribution in [0, 0.1) is 6.92 Å². The SMILES string of the molecule is Cc1ccccc1-c1ccc(C(=O)NC2CCOCC2)nc1. The van der Waals surface area contributed by atoms with Gasteiger partial charge in [0.1, 0.15) is 5.69 Å². The van der Waals surface area contributed by atoms with E-state index < -0.39 is 0 Å². The van der Waals surface area contributed by atoms with Crippen molar-refractivity contribution in [1.82, 2.24) is 10.3 Å². The number of aryl methyl sites for hydroxylation is 1. The molecule has 2 heterocycles. The van der Waals surface area contributed by atoms with Gasteiger partial charge >= 0.3 is 0 Å². The molecule has 1 fully saturated rings. The highest BCUT2D eigenvalue weighted by molar-refractivity contribution is 5.92. The molecule has 0 atom stereocenters. The highest BCUT2D eigenvalue weighted by atomic mass is 16.5. The Hall–Kier alpha value is -2.20. The van der Waals surface area contributed by atoms with E-state index in [1.807, 2.05) is 18.2 Å². The molecular weight excluding hydrogens is 276 g/mol. The first-order valence-corrected chi connectivity index (χ1v) is 7.65. The van der Waals surface area contributed by atoms with E-state index in [9.17, 15) is 4.79 Å². The molecule has 0 saturated carbocycles. The molecule has 1 aliphatic heterocycles. The predicted octanol–water partition coefficient (Wildman–Crippen LogP) is 2.97. The number of amides is 1. The average Bonchev–Trinajstić information content (AvgIpc) is 2.56. The predicted molar refractivity (Wildman–Crippen MR) is 85.7 cm³/mol. The molecule has 0 unspecified atom stereocenters. The van der Waals surface area contributed by atoms with E-state index in [1.165, 1.54) is 5.56 Å². The fourth-order valence-electron chi connectivity index (χ4n) is 2.69. The van der Waals surface area contributed by atoms with Gasteiger partial charge in [0.25, 0.3) is 5.91 Å². The van der Waals surface area contributed by atoms with E-state index >= 15 is 0 Å². The summed E-state index contributed by atoms with van der Waals surface area (Å²) in [5, 5.41) is 3.02. The van der Waals surface area contributed by atoms with Gasteiger partial charge in [-0.1, -0.05) is 30.3 Å². The third-order valence-electron chi connectivity index (χ3n) is 4.01. The molecule has 3 rings (SSSR count). The van der Waals surface area contributed by atoms with Gasteiger partial charge in [-0.2, -0.15) is 0 Å². The number of carbonyl (C=O) groups is 1. The Morgan fingerprint density at radius 2 is 1.95 bits per heavy atom. The summed E-state index contributed by atoms with van der Waals surface area (Å²) >= 11 is 0. The Morgan fingerprint density at radius 3 is 2.64 bits per heavy atom. The average molecular weight is 296 g/mol. The van der Waals surface area contributed by atoms with Gasteiger partial charge in [-0.25, -0.2) is 0 Å². The smallest absolute Gasteiger partial charge is 0.270 e. The zero-order valence-electron chi connectivity index (χ0n) is 12.7. The lowest BCUT2D eigenvalue weighted by molar-refractivity contribution is 0.0694.